The summed E-state index contributed by atoms with van der Waals surface area (Å²) in [7, 11) is 0. The van der Waals surface area contributed by atoms with Crippen LogP contribution in [0, 0.1) is 29.2 Å². The molecule has 0 saturated heterocycles. The van der Waals surface area contributed by atoms with E-state index < -0.39 is 40.8 Å². The number of halogens is 4. The van der Waals surface area contributed by atoms with Crippen molar-refractivity contribution in [2.24, 2.45) is 11.0 Å². The first-order chi connectivity index (χ1) is 16.5. The Bertz CT molecular complexity index is 1310. The fourth-order valence-electron chi connectivity index (χ4n) is 4.75. The molecule has 3 aromatic rings. The first kappa shape index (κ1) is 22.1. The molecule has 0 radical (unpaired) electrons. The summed E-state index contributed by atoms with van der Waals surface area (Å²) in [6.07, 6.45) is 4.37. The zero-order valence-corrected chi connectivity index (χ0v) is 18.0. The largest absolute Gasteiger partial charge is 0.277 e. The average Bonchev–Trinajstić information content (AvgIpc) is 3.26. The predicted molar refractivity (Wildman–Crippen MR) is 121 cm³/mol. The molecule has 2 aliphatic rings. The topological polar surface area (TPSA) is 32.7 Å². The van der Waals surface area contributed by atoms with Crippen molar-refractivity contribution in [3.8, 4) is 0 Å². The summed E-state index contributed by atoms with van der Waals surface area (Å²) in [5.74, 6) is -8.53. The number of nitrogens with zero attached hydrogens (tertiary/aromatic N) is 2. The van der Waals surface area contributed by atoms with Crippen molar-refractivity contribution in [1.82, 2.24) is 5.01 Å². The normalized spacial score (nSPS) is 20.9. The van der Waals surface area contributed by atoms with Crippen LogP contribution in [0.3, 0.4) is 0 Å². The maximum atomic E-state index is 14.5. The molecule has 1 aliphatic carbocycles. The minimum absolute atomic E-state index is 0.173. The molecule has 2 unspecified atom stereocenters. The highest BCUT2D eigenvalue weighted by molar-refractivity contribution is 6.09. The molecule has 0 bridgehead atoms. The molecular formula is C27H20F4N2O. The highest BCUT2D eigenvalue weighted by Crippen LogP contribution is 2.45. The number of amides is 1. The number of fused-ring (bicyclic) bond motifs is 1. The molecule has 0 N–H and O–H groups in total. The van der Waals surface area contributed by atoms with Gasteiger partial charge in [0.25, 0.3) is 5.91 Å². The van der Waals surface area contributed by atoms with Crippen molar-refractivity contribution in [2.75, 3.05) is 0 Å². The number of allylic oxidation sites excluding steroid dienone is 1. The molecule has 0 spiro atoms. The van der Waals surface area contributed by atoms with Crippen LogP contribution in [0.4, 0.5) is 17.6 Å². The van der Waals surface area contributed by atoms with E-state index in [-0.39, 0.29) is 5.92 Å². The number of carbonyl (C=O) groups excluding carboxylic acids is 1. The second-order valence-corrected chi connectivity index (χ2v) is 8.42. The fourth-order valence-corrected chi connectivity index (χ4v) is 4.75. The van der Waals surface area contributed by atoms with Gasteiger partial charge >= 0.3 is 0 Å². The summed E-state index contributed by atoms with van der Waals surface area (Å²) in [6, 6.07) is 18.6. The predicted octanol–water partition coefficient (Wildman–Crippen LogP) is 6.68. The standard InChI is InChI=1S/C27H20F4N2O/c28-21-15-20(22(29)24(31)23(21)30)27(34)33-26(17-10-5-2-6-11-17)19-13-7-12-18(25(19)32-33)14-16-8-3-1-4-9-16/h1-6,8-11,14-15,19,26H,7,12-13H2/b18-14+. The van der Waals surface area contributed by atoms with Crippen molar-refractivity contribution in [1.29, 1.82) is 0 Å². The highest BCUT2D eigenvalue weighted by Gasteiger charge is 2.44. The number of hydrogen-bond donors (Lipinski definition) is 0. The first-order valence-corrected chi connectivity index (χ1v) is 11.0. The van der Waals surface area contributed by atoms with Gasteiger partial charge in [-0.25, -0.2) is 22.6 Å². The Kier molecular flexibility index (Phi) is 5.77. The van der Waals surface area contributed by atoms with Gasteiger partial charge in [0.2, 0.25) is 0 Å². The fraction of sp³-hybridized carbons (Fsp3) is 0.185. The zero-order chi connectivity index (χ0) is 23.8. The molecule has 1 aliphatic heterocycles. The molecule has 1 amide bonds. The molecule has 3 aromatic carbocycles. The molecule has 5 rings (SSSR count). The van der Waals surface area contributed by atoms with Crippen LogP contribution in [0.1, 0.15) is 46.8 Å². The summed E-state index contributed by atoms with van der Waals surface area (Å²) in [5.41, 5.74) is 2.50. The van der Waals surface area contributed by atoms with Crippen LogP contribution in [0.5, 0.6) is 0 Å². The Morgan fingerprint density at radius 1 is 0.912 bits per heavy atom. The lowest BCUT2D eigenvalue weighted by molar-refractivity contribution is 0.0673. The number of hydrogen-bond acceptors (Lipinski definition) is 2. The zero-order valence-electron chi connectivity index (χ0n) is 18.0. The third kappa shape index (κ3) is 3.81. The maximum absolute atomic E-state index is 14.5. The molecule has 3 nitrogen and oxygen atoms in total. The van der Waals surface area contributed by atoms with E-state index in [0.29, 0.717) is 11.8 Å². The van der Waals surface area contributed by atoms with E-state index in [0.717, 1.165) is 41.0 Å². The van der Waals surface area contributed by atoms with Gasteiger partial charge in [-0.15, -0.1) is 0 Å². The van der Waals surface area contributed by atoms with Crippen molar-refractivity contribution in [3.05, 3.63) is 112 Å². The lowest BCUT2D eigenvalue weighted by atomic mass is 9.77. The van der Waals surface area contributed by atoms with Gasteiger partial charge in [0.15, 0.2) is 23.3 Å². The van der Waals surface area contributed by atoms with Crippen LogP contribution in [-0.4, -0.2) is 16.6 Å². The van der Waals surface area contributed by atoms with Gasteiger partial charge in [0.05, 0.1) is 17.3 Å². The molecule has 0 aromatic heterocycles. The Morgan fingerprint density at radius 2 is 1.59 bits per heavy atom. The van der Waals surface area contributed by atoms with E-state index in [4.69, 9.17) is 0 Å². The number of carbonyl (C=O) groups is 1. The van der Waals surface area contributed by atoms with Crippen LogP contribution in [0.15, 0.2) is 77.4 Å². The lowest BCUT2D eigenvalue weighted by Crippen LogP contribution is -2.32. The summed E-state index contributed by atoms with van der Waals surface area (Å²) in [5, 5.41) is 5.66. The van der Waals surface area contributed by atoms with E-state index >= 15 is 0 Å². The van der Waals surface area contributed by atoms with Gasteiger partial charge in [0, 0.05) is 5.92 Å². The van der Waals surface area contributed by atoms with Crippen LogP contribution in [0.2, 0.25) is 0 Å². The smallest absolute Gasteiger partial charge is 0.267 e. The summed E-state index contributed by atoms with van der Waals surface area (Å²) >= 11 is 0. The van der Waals surface area contributed by atoms with Gasteiger partial charge in [-0.1, -0.05) is 60.7 Å². The molecular weight excluding hydrogens is 444 g/mol. The first-order valence-electron chi connectivity index (χ1n) is 11.0. The number of rotatable bonds is 3. The summed E-state index contributed by atoms with van der Waals surface area (Å²) in [6.45, 7) is 0. The van der Waals surface area contributed by atoms with Gasteiger partial charge < -0.3 is 0 Å². The second kappa shape index (κ2) is 8.89. The average molecular weight is 464 g/mol. The molecule has 1 fully saturated rings. The highest BCUT2D eigenvalue weighted by atomic mass is 19.2. The minimum Gasteiger partial charge on any atom is -0.267 e. The maximum Gasteiger partial charge on any atom is 0.277 e. The SMILES string of the molecule is O=C(c1cc(F)c(F)c(F)c1F)N1N=C2/C(=C/c3ccccc3)CCCC2C1c1ccccc1. The van der Waals surface area contributed by atoms with Crippen LogP contribution in [-0.2, 0) is 0 Å². The van der Waals surface area contributed by atoms with Crippen molar-refractivity contribution in [3.63, 3.8) is 0 Å². The van der Waals surface area contributed by atoms with Crippen LogP contribution < -0.4 is 0 Å². The number of benzene rings is 3. The van der Waals surface area contributed by atoms with E-state index in [9.17, 15) is 22.4 Å². The summed E-state index contributed by atoms with van der Waals surface area (Å²) in [4.78, 5) is 13.4. The Balaban J connectivity index is 1.62. The van der Waals surface area contributed by atoms with Crippen molar-refractivity contribution >= 4 is 17.7 Å². The van der Waals surface area contributed by atoms with Crippen LogP contribution in [0.25, 0.3) is 6.08 Å². The van der Waals surface area contributed by atoms with E-state index in [2.05, 4.69) is 5.10 Å². The van der Waals surface area contributed by atoms with Gasteiger partial charge in [-0.3, -0.25) is 4.79 Å². The molecule has 7 heteroatoms. The third-order valence-corrected chi connectivity index (χ3v) is 6.32. The van der Waals surface area contributed by atoms with Gasteiger partial charge in [-0.2, -0.15) is 5.10 Å². The Morgan fingerprint density at radius 3 is 2.29 bits per heavy atom. The molecule has 1 saturated carbocycles. The Labute approximate surface area is 194 Å². The van der Waals surface area contributed by atoms with E-state index in [1.165, 1.54) is 0 Å². The monoisotopic (exact) mass is 464 g/mol. The molecule has 1 heterocycles. The van der Waals surface area contributed by atoms with Crippen molar-refractivity contribution < 1.29 is 22.4 Å². The number of hydrazone groups is 1. The van der Waals surface area contributed by atoms with Gasteiger partial charge in [0.1, 0.15) is 0 Å². The lowest BCUT2D eigenvalue weighted by Gasteiger charge is -2.29. The van der Waals surface area contributed by atoms with E-state index in [1.807, 2.05) is 66.7 Å². The van der Waals surface area contributed by atoms with Gasteiger partial charge in [-0.05, 0) is 48.1 Å². The molecule has 34 heavy (non-hydrogen) atoms. The Hall–Kier alpha value is -3.74. The molecule has 172 valence electrons. The summed E-state index contributed by atoms with van der Waals surface area (Å²) < 4.78 is 55.8. The second-order valence-electron chi connectivity index (χ2n) is 8.42. The van der Waals surface area contributed by atoms with Crippen LogP contribution >= 0.6 is 0 Å². The van der Waals surface area contributed by atoms with Crippen molar-refractivity contribution in [2.45, 2.75) is 25.3 Å². The van der Waals surface area contributed by atoms with E-state index in [1.54, 1.807) is 0 Å². The third-order valence-electron chi connectivity index (χ3n) is 6.32. The quantitative estimate of drug-likeness (QED) is 0.242. The molecule has 2 atom stereocenters. The minimum atomic E-state index is -2.02.